The Balaban J connectivity index is 0.000000405. The molecule has 4 atom stereocenters. The molecule has 0 aromatic rings. The molecule has 0 amide bonds. The van der Waals surface area contributed by atoms with E-state index in [9.17, 15) is 0 Å². The standard InChI is InChI=1S/C8H14.H3N.H2S/c1-5-6(2)8-4-3-7(5)8;;/h5-8H,3-4H2,1-2H3;1H3;1H2. The fourth-order valence-corrected chi connectivity index (χ4v) is 2.49. The average molecular weight is 161 g/mol. The number of fused-ring (bicyclic) bond motifs is 1. The zero-order valence-corrected chi connectivity index (χ0v) is 7.93. The molecule has 2 saturated carbocycles. The quantitative estimate of drug-likeness (QED) is 0.582. The molecule has 0 spiro atoms. The van der Waals surface area contributed by atoms with Gasteiger partial charge in [-0.25, -0.2) is 0 Å². The third kappa shape index (κ3) is 0.978. The zero-order valence-electron chi connectivity index (χ0n) is 6.93. The Morgan fingerprint density at radius 2 is 1.20 bits per heavy atom. The van der Waals surface area contributed by atoms with Crippen LogP contribution < -0.4 is 6.15 Å². The van der Waals surface area contributed by atoms with Crippen molar-refractivity contribution in [2.75, 3.05) is 0 Å². The van der Waals surface area contributed by atoms with E-state index in [1.807, 2.05) is 0 Å². The lowest BCUT2D eigenvalue weighted by Crippen LogP contribution is -2.50. The first kappa shape index (κ1) is 10.3. The van der Waals surface area contributed by atoms with E-state index in [0.717, 1.165) is 23.7 Å². The Kier molecular flexibility index (Phi) is 3.24. The topological polar surface area (TPSA) is 35.0 Å². The Labute approximate surface area is 70.6 Å². The average Bonchev–Trinajstić information content (AvgIpc) is 1.64. The summed E-state index contributed by atoms with van der Waals surface area (Å²) < 4.78 is 0. The highest BCUT2D eigenvalue weighted by molar-refractivity contribution is 7.59. The molecule has 0 saturated heterocycles. The van der Waals surface area contributed by atoms with Crippen LogP contribution in [0.3, 0.4) is 0 Å². The maximum absolute atomic E-state index is 2.41. The molecule has 0 aromatic carbocycles. The van der Waals surface area contributed by atoms with Crippen LogP contribution in [0.4, 0.5) is 0 Å². The minimum Gasteiger partial charge on any atom is -0.344 e. The molecule has 2 heteroatoms. The monoisotopic (exact) mass is 161 g/mol. The molecule has 2 aliphatic carbocycles. The summed E-state index contributed by atoms with van der Waals surface area (Å²) in [6.07, 6.45) is 3.08. The second kappa shape index (κ2) is 3.14. The summed E-state index contributed by atoms with van der Waals surface area (Å²) in [5.74, 6) is 4.44. The Morgan fingerprint density at radius 1 is 0.900 bits per heavy atom. The van der Waals surface area contributed by atoms with Gasteiger partial charge in [-0.2, -0.15) is 13.5 Å². The first-order chi connectivity index (χ1) is 3.80. The maximum Gasteiger partial charge on any atom is -0.0355 e. The van der Waals surface area contributed by atoms with Crippen molar-refractivity contribution in [1.82, 2.24) is 6.15 Å². The Hall–Kier alpha value is 0.310. The van der Waals surface area contributed by atoms with Crippen LogP contribution in [0, 0.1) is 23.7 Å². The predicted octanol–water partition coefficient (Wildman–Crippen LogP) is 2.57. The summed E-state index contributed by atoms with van der Waals surface area (Å²) in [6.45, 7) is 4.82. The second-order valence-corrected chi connectivity index (χ2v) is 3.62. The molecular weight excluding hydrogens is 142 g/mol. The van der Waals surface area contributed by atoms with Crippen LogP contribution in [0.5, 0.6) is 0 Å². The van der Waals surface area contributed by atoms with Crippen LogP contribution >= 0.6 is 13.5 Å². The van der Waals surface area contributed by atoms with Crippen LogP contribution in [0.15, 0.2) is 0 Å². The summed E-state index contributed by atoms with van der Waals surface area (Å²) in [6, 6.07) is 0. The van der Waals surface area contributed by atoms with Crippen LogP contribution in [-0.2, 0) is 0 Å². The highest BCUT2D eigenvalue weighted by atomic mass is 32.1. The van der Waals surface area contributed by atoms with Gasteiger partial charge in [-0.3, -0.25) is 0 Å². The van der Waals surface area contributed by atoms with Gasteiger partial charge in [0.1, 0.15) is 0 Å². The van der Waals surface area contributed by atoms with Crippen molar-refractivity contribution >= 4 is 13.5 Å². The van der Waals surface area contributed by atoms with Crippen molar-refractivity contribution in [3.05, 3.63) is 0 Å². The van der Waals surface area contributed by atoms with Gasteiger partial charge < -0.3 is 6.15 Å². The van der Waals surface area contributed by atoms with Gasteiger partial charge in [0.25, 0.3) is 0 Å². The van der Waals surface area contributed by atoms with E-state index in [2.05, 4.69) is 13.8 Å². The van der Waals surface area contributed by atoms with Gasteiger partial charge in [-0.05, 0) is 36.5 Å². The lowest BCUT2D eigenvalue weighted by molar-refractivity contribution is -0.0815. The van der Waals surface area contributed by atoms with Crippen LogP contribution in [0.2, 0.25) is 0 Å². The summed E-state index contributed by atoms with van der Waals surface area (Å²) in [7, 11) is 0. The van der Waals surface area contributed by atoms with Gasteiger partial charge >= 0.3 is 0 Å². The molecule has 4 unspecified atom stereocenters. The molecule has 2 aliphatic rings. The molecule has 0 bridgehead atoms. The largest absolute Gasteiger partial charge is 0.344 e. The normalized spacial score (nSPS) is 48.6. The van der Waals surface area contributed by atoms with Crippen molar-refractivity contribution in [2.24, 2.45) is 23.7 Å². The molecular formula is C8H19NS. The lowest BCUT2D eigenvalue weighted by Gasteiger charge is -2.57. The molecule has 62 valence electrons. The highest BCUT2D eigenvalue weighted by Gasteiger charge is 2.50. The van der Waals surface area contributed by atoms with Crippen LogP contribution in [0.25, 0.3) is 0 Å². The van der Waals surface area contributed by atoms with Gasteiger partial charge in [-0.1, -0.05) is 13.8 Å². The molecule has 0 aliphatic heterocycles. The molecule has 0 radical (unpaired) electrons. The molecule has 2 rings (SSSR count). The number of rotatable bonds is 0. The number of hydrogen-bond donors (Lipinski definition) is 1. The third-order valence-electron chi connectivity index (χ3n) is 3.56. The maximum atomic E-state index is 2.41. The number of hydrogen-bond acceptors (Lipinski definition) is 1. The third-order valence-corrected chi connectivity index (χ3v) is 3.56. The van der Waals surface area contributed by atoms with E-state index in [0.29, 0.717) is 0 Å². The van der Waals surface area contributed by atoms with Crippen molar-refractivity contribution in [2.45, 2.75) is 26.7 Å². The van der Waals surface area contributed by atoms with Crippen molar-refractivity contribution < 1.29 is 0 Å². The van der Waals surface area contributed by atoms with E-state index >= 15 is 0 Å². The molecule has 2 fully saturated rings. The molecule has 0 aromatic heterocycles. The van der Waals surface area contributed by atoms with Crippen molar-refractivity contribution in [3.8, 4) is 0 Å². The van der Waals surface area contributed by atoms with Crippen LogP contribution in [0.1, 0.15) is 26.7 Å². The SMILES string of the molecule is CC1C(C)C2CCC12.N.S. The molecule has 3 N–H and O–H groups in total. The zero-order chi connectivity index (χ0) is 5.72. The highest BCUT2D eigenvalue weighted by Crippen LogP contribution is 2.57. The summed E-state index contributed by atoms with van der Waals surface area (Å²) >= 11 is 0. The van der Waals surface area contributed by atoms with Crippen LogP contribution in [-0.4, -0.2) is 0 Å². The fourth-order valence-electron chi connectivity index (χ4n) is 2.49. The Morgan fingerprint density at radius 3 is 1.30 bits per heavy atom. The van der Waals surface area contributed by atoms with Gasteiger partial charge in [0.15, 0.2) is 0 Å². The van der Waals surface area contributed by atoms with E-state index in [-0.39, 0.29) is 19.6 Å². The van der Waals surface area contributed by atoms with Crippen molar-refractivity contribution in [3.63, 3.8) is 0 Å². The smallest absolute Gasteiger partial charge is 0.0355 e. The van der Waals surface area contributed by atoms with E-state index in [4.69, 9.17) is 0 Å². The van der Waals surface area contributed by atoms with Crippen molar-refractivity contribution in [1.29, 1.82) is 0 Å². The summed E-state index contributed by atoms with van der Waals surface area (Å²) in [5, 5.41) is 0. The summed E-state index contributed by atoms with van der Waals surface area (Å²) in [4.78, 5) is 0. The summed E-state index contributed by atoms with van der Waals surface area (Å²) in [5.41, 5.74) is 0. The molecule has 10 heavy (non-hydrogen) atoms. The van der Waals surface area contributed by atoms with Gasteiger partial charge in [0, 0.05) is 0 Å². The van der Waals surface area contributed by atoms with E-state index in [1.54, 1.807) is 0 Å². The molecule has 1 nitrogen and oxygen atoms in total. The molecule has 0 heterocycles. The minimum absolute atomic E-state index is 0. The first-order valence-electron chi connectivity index (χ1n) is 3.80. The Bertz CT molecular complexity index is 89.8. The lowest BCUT2D eigenvalue weighted by atomic mass is 9.48. The fraction of sp³-hybridized carbons (Fsp3) is 1.00. The van der Waals surface area contributed by atoms with Gasteiger partial charge in [-0.15, -0.1) is 0 Å². The minimum atomic E-state index is 0. The van der Waals surface area contributed by atoms with E-state index < -0.39 is 0 Å². The van der Waals surface area contributed by atoms with Gasteiger partial charge in [0.2, 0.25) is 0 Å². The van der Waals surface area contributed by atoms with E-state index in [1.165, 1.54) is 12.8 Å². The van der Waals surface area contributed by atoms with Gasteiger partial charge in [0.05, 0.1) is 0 Å². The predicted molar refractivity (Wildman–Crippen MR) is 49.9 cm³/mol. The second-order valence-electron chi connectivity index (χ2n) is 3.62. The first-order valence-corrected chi connectivity index (χ1v) is 3.80.